The Labute approximate surface area is 82.9 Å². The predicted molar refractivity (Wildman–Crippen MR) is 50.2 cm³/mol. The van der Waals surface area contributed by atoms with E-state index in [0.717, 1.165) is 0 Å². The summed E-state index contributed by atoms with van der Waals surface area (Å²) < 4.78 is 0. The molecule has 0 aliphatic carbocycles. The summed E-state index contributed by atoms with van der Waals surface area (Å²) in [5, 5.41) is 9.40. The van der Waals surface area contributed by atoms with Crippen LogP contribution in [0.2, 0.25) is 0 Å². The van der Waals surface area contributed by atoms with Crippen molar-refractivity contribution in [2.75, 3.05) is 13.1 Å². The van der Waals surface area contributed by atoms with Gasteiger partial charge in [-0.1, -0.05) is 0 Å². The Bertz CT molecular complexity index is 234. The van der Waals surface area contributed by atoms with Crippen molar-refractivity contribution < 1.29 is 14.7 Å². The number of likely N-dealkylation sites (tertiary alicyclic amines) is 1. The van der Waals surface area contributed by atoms with Crippen LogP contribution in [-0.4, -0.2) is 41.0 Å². The lowest BCUT2D eigenvalue weighted by Gasteiger charge is -2.32. The Morgan fingerprint density at radius 3 is 2.29 bits per heavy atom. The average molecular weight is 200 g/mol. The van der Waals surface area contributed by atoms with E-state index in [1.165, 1.54) is 6.92 Å². The molecular weight excluding hydrogens is 184 g/mol. The number of aliphatic hydroxyl groups excluding tert-OH is 1. The van der Waals surface area contributed by atoms with Gasteiger partial charge in [-0.2, -0.15) is 0 Å². The fourth-order valence-electron chi connectivity index (χ4n) is 1.76. The van der Waals surface area contributed by atoms with Crippen LogP contribution in [0.4, 0.5) is 0 Å². The number of nitrogens with two attached hydrogens (primary N) is 1. The van der Waals surface area contributed by atoms with Gasteiger partial charge in [0.05, 0.1) is 0 Å². The van der Waals surface area contributed by atoms with Gasteiger partial charge in [0.1, 0.15) is 6.10 Å². The molecule has 0 aromatic rings. The second-order valence-electron chi connectivity index (χ2n) is 3.69. The fraction of sp³-hybridized carbons (Fsp3) is 0.778. The standard InChI is InChI=1S/C9H16N2O3/c1-6(12)11-4-2-7(3-5-11)8(13)9(10)14/h7-8,13H,2-5H2,1H3,(H2,10,14). The lowest BCUT2D eigenvalue weighted by Crippen LogP contribution is -2.44. The molecule has 1 heterocycles. The molecule has 0 radical (unpaired) electrons. The van der Waals surface area contributed by atoms with Crippen LogP contribution in [-0.2, 0) is 9.59 Å². The summed E-state index contributed by atoms with van der Waals surface area (Å²) in [7, 11) is 0. The van der Waals surface area contributed by atoms with Gasteiger partial charge < -0.3 is 15.7 Å². The van der Waals surface area contributed by atoms with E-state index in [9.17, 15) is 14.7 Å². The van der Waals surface area contributed by atoms with E-state index in [1.54, 1.807) is 4.90 Å². The second-order valence-corrected chi connectivity index (χ2v) is 3.69. The first-order valence-electron chi connectivity index (χ1n) is 4.75. The van der Waals surface area contributed by atoms with Crippen molar-refractivity contribution in [3.05, 3.63) is 0 Å². The summed E-state index contributed by atoms with van der Waals surface area (Å²) >= 11 is 0. The highest BCUT2D eigenvalue weighted by molar-refractivity contribution is 5.79. The fourth-order valence-corrected chi connectivity index (χ4v) is 1.76. The minimum absolute atomic E-state index is 0.0389. The van der Waals surface area contributed by atoms with Crippen LogP contribution in [0.5, 0.6) is 0 Å². The first-order chi connectivity index (χ1) is 6.52. The number of amides is 2. The van der Waals surface area contributed by atoms with Gasteiger partial charge in [-0.05, 0) is 18.8 Å². The van der Waals surface area contributed by atoms with Gasteiger partial charge in [0.15, 0.2) is 0 Å². The third-order valence-electron chi connectivity index (χ3n) is 2.72. The summed E-state index contributed by atoms with van der Waals surface area (Å²) in [6.07, 6.45) is 0.219. The number of hydrogen-bond donors (Lipinski definition) is 2. The van der Waals surface area contributed by atoms with Crippen LogP contribution in [0.3, 0.4) is 0 Å². The van der Waals surface area contributed by atoms with E-state index >= 15 is 0 Å². The molecule has 2 amide bonds. The van der Waals surface area contributed by atoms with Crippen LogP contribution in [0, 0.1) is 5.92 Å². The first-order valence-corrected chi connectivity index (χ1v) is 4.75. The number of piperidine rings is 1. The molecule has 5 heteroatoms. The molecule has 1 saturated heterocycles. The summed E-state index contributed by atoms with van der Waals surface area (Å²) in [5.74, 6) is -0.730. The van der Waals surface area contributed by atoms with E-state index < -0.39 is 12.0 Å². The quantitative estimate of drug-likeness (QED) is 0.605. The van der Waals surface area contributed by atoms with E-state index in [2.05, 4.69) is 0 Å². The van der Waals surface area contributed by atoms with Crippen molar-refractivity contribution in [1.29, 1.82) is 0 Å². The molecule has 0 spiro atoms. The lowest BCUT2D eigenvalue weighted by atomic mass is 9.91. The van der Waals surface area contributed by atoms with Gasteiger partial charge in [-0.3, -0.25) is 9.59 Å². The number of primary amides is 1. The molecular formula is C9H16N2O3. The van der Waals surface area contributed by atoms with Crippen LogP contribution >= 0.6 is 0 Å². The van der Waals surface area contributed by atoms with Gasteiger partial charge in [-0.15, -0.1) is 0 Å². The normalized spacial score (nSPS) is 20.6. The molecule has 3 N–H and O–H groups in total. The van der Waals surface area contributed by atoms with Crippen LogP contribution in [0.25, 0.3) is 0 Å². The zero-order valence-corrected chi connectivity index (χ0v) is 8.27. The minimum Gasteiger partial charge on any atom is -0.383 e. The SMILES string of the molecule is CC(=O)N1CCC(C(O)C(N)=O)CC1. The third-order valence-corrected chi connectivity index (χ3v) is 2.72. The van der Waals surface area contributed by atoms with Crippen molar-refractivity contribution in [2.24, 2.45) is 11.7 Å². The summed E-state index contributed by atoms with van der Waals surface area (Å²) in [4.78, 5) is 23.4. The van der Waals surface area contributed by atoms with Gasteiger partial charge in [-0.25, -0.2) is 0 Å². The average Bonchev–Trinajstić information content (AvgIpc) is 2.16. The molecule has 0 aromatic carbocycles. The number of hydrogen-bond acceptors (Lipinski definition) is 3. The minimum atomic E-state index is -1.07. The molecule has 1 fully saturated rings. The van der Waals surface area contributed by atoms with Crippen molar-refractivity contribution >= 4 is 11.8 Å². The lowest BCUT2D eigenvalue weighted by molar-refractivity contribution is -0.133. The molecule has 14 heavy (non-hydrogen) atoms. The molecule has 0 saturated carbocycles. The zero-order valence-electron chi connectivity index (χ0n) is 8.27. The number of aliphatic hydroxyl groups is 1. The Morgan fingerprint density at radius 1 is 1.43 bits per heavy atom. The molecule has 1 atom stereocenters. The summed E-state index contributed by atoms with van der Waals surface area (Å²) in [6.45, 7) is 2.72. The molecule has 1 aliphatic rings. The Balaban J connectivity index is 2.43. The van der Waals surface area contributed by atoms with Crippen molar-refractivity contribution in [2.45, 2.75) is 25.9 Å². The Morgan fingerprint density at radius 2 is 1.93 bits per heavy atom. The van der Waals surface area contributed by atoms with Crippen LogP contribution < -0.4 is 5.73 Å². The molecule has 0 bridgehead atoms. The maximum Gasteiger partial charge on any atom is 0.246 e. The first kappa shape index (κ1) is 11.0. The molecule has 0 aromatic heterocycles. The van der Waals surface area contributed by atoms with Crippen LogP contribution in [0.15, 0.2) is 0 Å². The van der Waals surface area contributed by atoms with Gasteiger partial charge in [0, 0.05) is 20.0 Å². The molecule has 5 nitrogen and oxygen atoms in total. The zero-order chi connectivity index (χ0) is 10.7. The third kappa shape index (κ3) is 2.45. The maximum atomic E-state index is 11.0. The second kappa shape index (κ2) is 4.41. The molecule has 1 rings (SSSR count). The van der Waals surface area contributed by atoms with Gasteiger partial charge in [0.2, 0.25) is 11.8 Å². The highest BCUT2D eigenvalue weighted by atomic mass is 16.3. The van der Waals surface area contributed by atoms with Gasteiger partial charge >= 0.3 is 0 Å². The van der Waals surface area contributed by atoms with E-state index in [-0.39, 0.29) is 11.8 Å². The van der Waals surface area contributed by atoms with Crippen molar-refractivity contribution in [3.63, 3.8) is 0 Å². The summed E-state index contributed by atoms with van der Waals surface area (Å²) in [6, 6.07) is 0. The largest absolute Gasteiger partial charge is 0.383 e. The number of rotatable bonds is 2. The Hall–Kier alpha value is -1.10. The molecule has 1 aliphatic heterocycles. The maximum absolute atomic E-state index is 11.0. The molecule has 80 valence electrons. The van der Waals surface area contributed by atoms with E-state index in [4.69, 9.17) is 5.73 Å². The smallest absolute Gasteiger partial charge is 0.246 e. The predicted octanol–water partition coefficient (Wildman–Crippen LogP) is -0.909. The number of carbonyl (C=O) groups excluding carboxylic acids is 2. The molecule has 1 unspecified atom stereocenters. The number of nitrogens with zero attached hydrogens (tertiary/aromatic N) is 1. The number of carbonyl (C=O) groups is 2. The Kier molecular flexibility index (Phi) is 3.46. The highest BCUT2D eigenvalue weighted by Crippen LogP contribution is 2.20. The monoisotopic (exact) mass is 200 g/mol. The topological polar surface area (TPSA) is 83.6 Å². The van der Waals surface area contributed by atoms with Crippen LogP contribution in [0.1, 0.15) is 19.8 Å². The highest BCUT2D eigenvalue weighted by Gasteiger charge is 2.28. The van der Waals surface area contributed by atoms with E-state index in [1.807, 2.05) is 0 Å². The van der Waals surface area contributed by atoms with Crippen molar-refractivity contribution in [1.82, 2.24) is 4.90 Å². The van der Waals surface area contributed by atoms with E-state index in [0.29, 0.717) is 25.9 Å². The summed E-state index contributed by atoms with van der Waals surface area (Å²) in [5.41, 5.74) is 4.99. The van der Waals surface area contributed by atoms with Crippen molar-refractivity contribution in [3.8, 4) is 0 Å². The van der Waals surface area contributed by atoms with Gasteiger partial charge in [0.25, 0.3) is 0 Å².